The fourth-order valence-electron chi connectivity index (χ4n) is 4.91. The lowest BCUT2D eigenvalue weighted by atomic mass is 9.95. The van der Waals surface area contributed by atoms with Gasteiger partial charge in [-0.3, -0.25) is 0 Å². The molecule has 0 spiro atoms. The molecule has 5 rings (SSSR count). The largest absolute Gasteiger partial charge is 0.452 e. The maximum atomic E-state index is 13.5. The van der Waals surface area contributed by atoms with Crippen molar-refractivity contribution < 1.29 is 28.5 Å². The van der Waals surface area contributed by atoms with E-state index in [0.717, 1.165) is 16.0 Å². The number of esters is 1. The van der Waals surface area contributed by atoms with Crippen LogP contribution in [-0.4, -0.2) is 43.4 Å². The molecule has 42 heavy (non-hydrogen) atoms. The smallest absolute Gasteiger partial charge is 0.338 e. The molecule has 1 fully saturated rings. The van der Waals surface area contributed by atoms with E-state index in [1.807, 2.05) is 109 Å². The van der Waals surface area contributed by atoms with E-state index in [1.165, 1.54) is 11.8 Å². The van der Waals surface area contributed by atoms with Crippen LogP contribution in [0.2, 0.25) is 0 Å². The summed E-state index contributed by atoms with van der Waals surface area (Å²) in [5.41, 5.74) is 1.78. The van der Waals surface area contributed by atoms with Crippen LogP contribution in [0.3, 0.4) is 0 Å². The average molecular weight is 585 g/mol. The van der Waals surface area contributed by atoms with Crippen LogP contribution in [0.1, 0.15) is 34.7 Å². The van der Waals surface area contributed by atoms with Crippen molar-refractivity contribution in [3.05, 3.63) is 138 Å². The molecular formula is C35H36O6S. The van der Waals surface area contributed by atoms with E-state index in [9.17, 15) is 4.79 Å². The third-order valence-corrected chi connectivity index (χ3v) is 8.34. The summed E-state index contributed by atoms with van der Waals surface area (Å²) in [6, 6.07) is 38.7. The van der Waals surface area contributed by atoms with Crippen LogP contribution < -0.4 is 0 Å². The number of methoxy groups -OCH3 is 1. The van der Waals surface area contributed by atoms with E-state index in [4.69, 9.17) is 23.7 Å². The van der Waals surface area contributed by atoms with Crippen LogP contribution in [0, 0.1) is 5.92 Å². The van der Waals surface area contributed by atoms with Gasteiger partial charge < -0.3 is 23.7 Å². The Morgan fingerprint density at radius 2 is 1.45 bits per heavy atom. The molecule has 0 N–H and O–H groups in total. The highest BCUT2D eigenvalue weighted by Crippen LogP contribution is 2.37. The number of thioether (sulfide) groups is 1. The molecule has 1 heterocycles. The molecule has 0 radical (unpaired) electrons. The molecule has 0 saturated carbocycles. The maximum absolute atomic E-state index is 13.5. The van der Waals surface area contributed by atoms with Crippen molar-refractivity contribution in [3.8, 4) is 0 Å². The molecule has 0 aliphatic carbocycles. The highest BCUT2D eigenvalue weighted by Gasteiger charge is 2.45. The number of rotatable bonds is 12. The first kappa shape index (κ1) is 30.0. The SMILES string of the molecule is CO[C@@H](Sc1ccccc1)C(OC(=O)c1ccccc1)C(OCc1ccccc1)[C@@H]1OC(c2ccccc2)OCC1C. The zero-order valence-corrected chi connectivity index (χ0v) is 24.6. The number of ether oxygens (including phenoxy) is 5. The Labute approximate surface area is 251 Å². The Hall–Kier alpha value is -3.46. The van der Waals surface area contributed by atoms with Gasteiger partial charge in [0.05, 0.1) is 24.9 Å². The number of hydrogen-bond donors (Lipinski definition) is 0. The lowest BCUT2D eigenvalue weighted by Gasteiger charge is -2.42. The summed E-state index contributed by atoms with van der Waals surface area (Å²) in [6.07, 6.45) is -2.54. The average Bonchev–Trinajstić information content (AvgIpc) is 3.05. The molecule has 218 valence electrons. The number of hydrogen-bond acceptors (Lipinski definition) is 7. The molecule has 6 nitrogen and oxygen atoms in total. The zero-order valence-electron chi connectivity index (χ0n) is 23.8. The van der Waals surface area contributed by atoms with E-state index >= 15 is 0 Å². The fraction of sp³-hybridized carbons (Fsp3) is 0.286. The van der Waals surface area contributed by atoms with Gasteiger partial charge in [-0.15, -0.1) is 0 Å². The topological polar surface area (TPSA) is 63.2 Å². The summed E-state index contributed by atoms with van der Waals surface area (Å²) in [5.74, 6) is -0.508. The molecule has 4 aromatic carbocycles. The molecule has 4 aromatic rings. The van der Waals surface area contributed by atoms with Crippen molar-refractivity contribution in [2.45, 2.75) is 48.5 Å². The van der Waals surface area contributed by atoms with Crippen LogP contribution in [-0.2, 0) is 30.3 Å². The van der Waals surface area contributed by atoms with Crippen molar-refractivity contribution in [3.63, 3.8) is 0 Å². The zero-order chi connectivity index (χ0) is 29.1. The third-order valence-electron chi connectivity index (χ3n) is 7.11. The van der Waals surface area contributed by atoms with Crippen LogP contribution in [0.5, 0.6) is 0 Å². The van der Waals surface area contributed by atoms with Gasteiger partial charge >= 0.3 is 5.97 Å². The number of carbonyl (C=O) groups is 1. The summed E-state index contributed by atoms with van der Waals surface area (Å²) in [4.78, 5) is 14.5. The summed E-state index contributed by atoms with van der Waals surface area (Å²) in [5, 5.41) is 0. The first-order valence-electron chi connectivity index (χ1n) is 14.1. The Balaban J connectivity index is 1.51. The fourth-order valence-corrected chi connectivity index (χ4v) is 5.93. The summed E-state index contributed by atoms with van der Waals surface area (Å²) < 4.78 is 31.8. The molecule has 0 bridgehead atoms. The van der Waals surface area contributed by atoms with Crippen LogP contribution >= 0.6 is 11.8 Å². The highest BCUT2D eigenvalue weighted by molar-refractivity contribution is 7.99. The molecule has 0 amide bonds. The Bertz CT molecular complexity index is 1360. The van der Waals surface area contributed by atoms with Gasteiger partial charge in [0.1, 0.15) is 11.5 Å². The van der Waals surface area contributed by atoms with Gasteiger partial charge in [-0.05, 0) is 29.8 Å². The quantitative estimate of drug-likeness (QED) is 0.0983. The van der Waals surface area contributed by atoms with Gasteiger partial charge in [-0.1, -0.05) is 116 Å². The standard InChI is InChI=1S/C35H36O6S/c1-25-23-39-34(28-19-11-5-12-20-28)41-30(25)31(38-24-26-15-7-3-8-16-26)32(40-33(36)27-17-9-4-10-18-27)35(37-2)42-29-21-13-6-14-22-29/h3-22,25,30-32,34-35H,23-24H2,1-2H3/t25?,30-,31?,32?,34?,35+/m1/s1. The second-order valence-corrected chi connectivity index (χ2v) is 11.4. The Morgan fingerprint density at radius 3 is 2.10 bits per heavy atom. The summed E-state index contributed by atoms with van der Waals surface area (Å²) >= 11 is 1.48. The predicted molar refractivity (Wildman–Crippen MR) is 163 cm³/mol. The lowest BCUT2D eigenvalue weighted by Crippen LogP contribution is -2.53. The van der Waals surface area contributed by atoms with E-state index in [1.54, 1.807) is 19.2 Å². The van der Waals surface area contributed by atoms with Crippen LogP contribution in [0.25, 0.3) is 0 Å². The minimum atomic E-state index is -0.821. The van der Waals surface area contributed by atoms with Gasteiger partial charge in [-0.2, -0.15) is 0 Å². The first-order valence-corrected chi connectivity index (χ1v) is 15.0. The molecule has 1 saturated heterocycles. The second-order valence-electron chi connectivity index (χ2n) is 10.2. The number of benzene rings is 4. The molecule has 6 atom stereocenters. The highest BCUT2D eigenvalue weighted by atomic mass is 32.2. The number of carbonyl (C=O) groups excluding carboxylic acids is 1. The Kier molecular flexibility index (Phi) is 10.8. The predicted octanol–water partition coefficient (Wildman–Crippen LogP) is 7.31. The molecule has 4 unspecified atom stereocenters. The van der Waals surface area contributed by atoms with Gasteiger partial charge in [0, 0.05) is 23.5 Å². The Morgan fingerprint density at radius 1 is 0.857 bits per heavy atom. The third kappa shape index (κ3) is 7.88. The van der Waals surface area contributed by atoms with Gasteiger partial charge in [-0.25, -0.2) is 4.79 Å². The van der Waals surface area contributed by atoms with Crippen molar-refractivity contribution in [1.29, 1.82) is 0 Å². The van der Waals surface area contributed by atoms with Crippen molar-refractivity contribution in [2.24, 2.45) is 5.92 Å². The van der Waals surface area contributed by atoms with E-state index in [0.29, 0.717) is 18.8 Å². The maximum Gasteiger partial charge on any atom is 0.338 e. The molecule has 1 aliphatic rings. The molecule has 0 aromatic heterocycles. The van der Waals surface area contributed by atoms with E-state index in [2.05, 4.69) is 6.92 Å². The van der Waals surface area contributed by atoms with Gasteiger partial charge in [0.15, 0.2) is 12.4 Å². The molecule has 1 aliphatic heterocycles. The monoisotopic (exact) mass is 584 g/mol. The summed E-state index contributed by atoms with van der Waals surface area (Å²) in [6.45, 7) is 2.83. The van der Waals surface area contributed by atoms with E-state index < -0.39 is 36.0 Å². The van der Waals surface area contributed by atoms with Gasteiger partial charge in [0.25, 0.3) is 0 Å². The second kappa shape index (κ2) is 15.1. The normalized spacial score (nSPS) is 20.8. The van der Waals surface area contributed by atoms with Crippen LogP contribution in [0.15, 0.2) is 126 Å². The minimum absolute atomic E-state index is 0.0529. The first-order chi connectivity index (χ1) is 20.6. The lowest BCUT2D eigenvalue weighted by molar-refractivity contribution is -0.276. The molecular weight excluding hydrogens is 548 g/mol. The van der Waals surface area contributed by atoms with Crippen molar-refractivity contribution >= 4 is 17.7 Å². The van der Waals surface area contributed by atoms with Crippen molar-refractivity contribution in [1.82, 2.24) is 0 Å². The van der Waals surface area contributed by atoms with Crippen molar-refractivity contribution in [2.75, 3.05) is 13.7 Å². The van der Waals surface area contributed by atoms with Crippen LogP contribution in [0.4, 0.5) is 0 Å². The summed E-state index contributed by atoms with van der Waals surface area (Å²) in [7, 11) is 1.62. The van der Waals surface area contributed by atoms with Gasteiger partial charge in [0.2, 0.25) is 0 Å². The van der Waals surface area contributed by atoms with E-state index in [-0.39, 0.29) is 5.92 Å². The molecule has 7 heteroatoms. The minimum Gasteiger partial charge on any atom is -0.452 e.